The second-order valence-electron chi connectivity index (χ2n) is 6.33. The van der Waals surface area contributed by atoms with E-state index in [1.807, 2.05) is 67.6 Å². The molecule has 1 aromatic heterocycles. The molecule has 0 bridgehead atoms. The molecular weight excluding hydrogens is 360 g/mol. The van der Waals surface area contributed by atoms with E-state index in [0.717, 1.165) is 27.9 Å². The molecule has 2 aromatic carbocycles. The predicted molar refractivity (Wildman–Crippen MR) is 108 cm³/mol. The number of carbonyl (C=O) groups is 1. The van der Waals surface area contributed by atoms with Crippen LogP contribution in [0.1, 0.15) is 12.5 Å². The van der Waals surface area contributed by atoms with Crippen molar-refractivity contribution in [1.29, 1.82) is 0 Å². The van der Waals surface area contributed by atoms with Crippen LogP contribution in [0, 0.1) is 0 Å². The maximum Gasteiger partial charge on any atom is 0.265 e. The number of hydrogen-bond donors (Lipinski definition) is 0. The number of pyridine rings is 1. The number of anilines is 1. The average molecular weight is 379 g/mol. The molecular formula is C22H19ClN2O2. The lowest BCUT2D eigenvalue weighted by Gasteiger charge is -2.28. The third-order valence-electron chi connectivity index (χ3n) is 4.68. The van der Waals surface area contributed by atoms with Crippen LogP contribution >= 0.6 is 11.6 Å². The Kier molecular flexibility index (Phi) is 4.82. The Morgan fingerprint density at radius 1 is 1.07 bits per heavy atom. The van der Waals surface area contributed by atoms with Crippen molar-refractivity contribution in [3.05, 3.63) is 66.2 Å². The van der Waals surface area contributed by atoms with E-state index in [1.165, 1.54) is 0 Å². The largest absolute Gasteiger partial charge is 0.466 e. The molecule has 2 heterocycles. The van der Waals surface area contributed by atoms with Gasteiger partial charge in [-0.25, -0.2) is 4.98 Å². The number of halogens is 1. The van der Waals surface area contributed by atoms with Gasteiger partial charge in [0.2, 0.25) is 5.88 Å². The van der Waals surface area contributed by atoms with Crippen molar-refractivity contribution in [3.63, 3.8) is 0 Å². The Morgan fingerprint density at radius 2 is 1.81 bits per heavy atom. The smallest absolute Gasteiger partial charge is 0.265 e. The second-order valence-corrected chi connectivity index (χ2v) is 6.60. The van der Waals surface area contributed by atoms with Gasteiger partial charge in [-0.3, -0.25) is 4.79 Å². The number of benzene rings is 2. The van der Waals surface area contributed by atoms with E-state index in [-0.39, 0.29) is 12.5 Å². The highest BCUT2D eigenvalue weighted by molar-refractivity contribution is 6.17. The fraction of sp³-hybridized carbons (Fsp3) is 0.182. The standard InChI is InChI=1S/C22H19ClN2O2/c1-2-25-19-12-18(16-6-4-3-5-7-16)21(24-22(19)27-14-20(25)26)17-10-8-15(13-23)9-11-17/h3-12H,2,13-14H2,1H3. The normalized spacial score (nSPS) is 13.3. The first kappa shape index (κ1) is 17.6. The summed E-state index contributed by atoms with van der Waals surface area (Å²) in [6.07, 6.45) is 0. The van der Waals surface area contributed by atoms with E-state index < -0.39 is 0 Å². The maximum absolute atomic E-state index is 12.2. The first-order chi connectivity index (χ1) is 13.2. The molecule has 0 unspecified atom stereocenters. The van der Waals surface area contributed by atoms with E-state index in [1.54, 1.807) is 4.90 Å². The molecule has 0 aliphatic carbocycles. The number of alkyl halides is 1. The third kappa shape index (κ3) is 3.28. The molecule has 1 aliphatic rings. The van der Waals surface area contributed by atoms with Gasteiger partial charge in [-0.15, -0.1) is 11.6 Å². The Morgan fingerprint density at radius 3 is 2.48 bits per heavy atom. The molecule has 0 saturated carbocycles. The highest BCUT2D eigenvalue weighted by Crippen LogP contribution is 2.40. The summed E-state index contributed by atoms with van der Waals surface area (Å²) in [7, 11) is 0. The molecule has 4 rings (SSSR count). The number of hydrogen-bond acceptors (Lipinski definition) is 3. The quantitative estimate of drug-likeness (QED) is 0.606. The fourth-order valence-electron chi connectivity index (χ4n) is 3.28. The molecule has 5 heteroatoms. The number of amides is 1. The lowest BCUT2D eigenvalue weighted by Crippen LogP contribution is -2.39. The van der Waals surface area contributed by atoms with Gasteiger partial charge in [0, 0.05) is 23.6 Å². The van der Waals surface area contributed by atoms with Crippen LogP contribution in [0.3, 0.4) is 0 Å². The monoisotopic (exact) mass is 378 g/mol. The molecule has 4 nitrogen and oxygen atoms in total. The van der Waals surface area contributed by atoms with Crippen LogP contribution < -0.4 is 9.64 Å². The van der Waals surface area contributed by atoms with Crippen LogP contribution in [0.4, 0.5) is 5.69 Å². The Balaban J connectivity index is 1.93. The molecule has 0 fully saturated rings. The molecule has 1 aliphatic heterocycles. The first-order valence-corrected chi connectivity index (χ1v) is 9.43. The highest BCUT2D eigenvalue weighted by atomic mass is 35.5. The summed E-state index contributed by atoms with van der Waals surface area (Å²) in [4.78, 5) is 18.7. The van der Waals surface area contributed by atoms with Crippen molar-refractivity contribution in [2.75, 3.05) is 18.1 Å². The van der Waals surface area contributed by atoms with Gasteiger partial charge in [0.15, 0.2) is 6.61 Å². The summed E-state index contributed by atoms with van der Waals surface area (Å²) in [6.45, 7) is 2.55. The van der Waals surface area contributed by atoms with Gasteiger partial charge in [0.05, 0.1) is 5.69 Å². The summed E-state index contributed by atoms with van der Waals surface area (Å²) in [5.74, 6) is 0.915. The van der Waals surface area contributed by atoms with E-state index in [0.29, 0.717) is 24.0 Å². The molecule has 0 N–H and O–H groups in total. The van der Waals surface area contributed by atoms with E-state index in [9.17, 15) is 4.79 Å². The molecule has 0 atom stereocenters. The van der Waals surface area contributed by atoms with E-state index >= 15 is 0 Å². The van der Waals surface area contributed by atoms with Crippen LogP contribution in [-0.4, -0.2) is 24.0 Å². The number of carbonyl (C=O) groups excluding carboxylic acids is 1. The Hall–Kier alpha value is -2.85. The molecule has 0 saturated heterocycles. The van der Waals surface area contributed by atoms with Gasteiger partial charge < -0.3 is 9.64 Å². The number of aromatic nitrogens is 1. The summed E-state index contributed by atoms with van der Waals surface area (Å²) < 4.78 is 5.64. The number of nitrogens with zero attached hydrogens (tertiary/aromatic N) is 2. The summed E-state index contributed by atoms with van der Waals surface area (Å²) >= 11 is 5.92. The van der Waals surface area contributed by atoms with E-state index in [4.69, 9.17) is 21.3 Å². The van der Waals surface area contributed by atoms with Crippen molar-refractivity contribution >= 4 is 23.2 Å². The van der Waals surface area contributed by atoms with Crippen LogP contribution in [0.25, 0.3) is 22.4 Å². The van der Waals surface area contributed by atoms with Gasteiger partial charge in [-0.1, -0.05) is 54.6 Å². The van der Waals surface area contributed by atoms with Crippen molar-refractivity contribution in [1.82, 2.24) is 4.98 Å². The van der Waals surface area contributed by atoms with Crippen LogP contribution in [0.5, 0.6) is 5.88 Å². The predicted octanol–water partition coefficient (Wildman–Crippen LogP) is 4.90. The lowest BCUT2D eigenvalue weighted by atomic mass is 9.98. The SMILES string of the molecule is CCN1C(=O)COc2nc(-c3ccc(CCl)cc3)c(-c3ccccc3)cc21. The Labute approximate surface area is 163 Å². The molecule has 27 heavy (non-hydrogen) atoms. The molecule has 136 valence electrons. The van der Waals surface area contributed by atoms with Gasteiger partial charge >= 0.3 is 0 Å². The van der Waals surface area contributed by atoms with Gasteiger partial charge in [0.25, 0.3) is 5.91 Å². The van der Waals surface area contributed by atoms with Crippen molar-refractivity contribution in [2.24, 2.45) is 0 Å². The number of fused-ring (bicyclic) bond motifs is 1. The minimum Gasteiger partial charge on any atom is -0.466 e. The number of rotatable bonds is 4. The average Bonchev–Trinajstić information content (AvgIpc) is 2.73. The van der Waals surface area contributed by atoms with Crippen molar-refractivity contribution in [3.8, 4) is 28.3 Å². The van der Waals surface area contributed by atoms with Crippen molar-refractivity contribution in [2.45, 2.75) is 12.8 Å². The van der Waals surface area contributed by atoms with Gasteiger partial charge in [0.1, 0.15) is 5.69 Å². The summed E-state index contributed by atoms with van der Waals surface area (Å²) in [5.41, 5.74) is 5.58. The summed E-state index contributed by atoms with van der Waals surface area (Å²) in [5, 5.41) is 0. The molecule has 3 aromatic rings. The lowest BCUT2D eigenvalue weighted by molar-refractivity contribution is -0.121. The van der Waals surface area contributed by atoms with Gasteiger partial charge in [-0.2, -0.15) is 0 Å². The maximum atomic E-state index is 12.2. The van der Waals surface area contributed by atoms with Crippen LogP contribution in [0.2, 0.25) is 0 Å². The zero-order valence-corrected chi connectivity index (χ0v) is 15.7. The second kappa shape index (κ2) is 7.41. The molecule has 0 radical (unpaired) electrons. The van der Waals surface area contributed by atoms with E-state index in [2.05, 4.69) is 0 Å². The topological polar surface area (TPSA) is 42.4 Å². The van der Waals surface area contributed by atoms with Crippen LogP contribution in [0.15, 0.2) is 60.7 Å². The van der Waals surface area contributed by atoms with Crippen LogP contribution in [-0.2, 0) is 10.7 Å². The Bertz CT molecular complexity index is 972. The third-order valence-corrected chi connectivity index (χ3v) is 4.98. The molecule has 1 amide bonds. The highest BCUT2D eigenvalue weighted by Gasteiger charge is 2.27. The van der Waals surface area contributed by atoms with Gasteiger partial charge in [-0.05, 0) is 24.1 Å². The zero-order chi connectivity index (χ0) is 18.8. The zero-order valence-electron chi connectivity index (χ0n) is 15.0. The fourth-order valence-corrected chi connectivity index (χ4v) is 3.46. The minimum atomic E-state index is -0.0509. The van der Waals surface area contributed by atoms with Crippen molar-refractivity contribution < 1.29 is 9.53 Å². The number of likely N-dealkylation sites (N-methyl/N-ethyl adjacent to an activating group) is 1. The minimum absolute atomic E-state index is 0.0170. The number of ether oxygens (including phenoxy) is 1. The first-order valence-electron chi connectivity index (χ1n) is 8.90. The summed E-state index contributed by atoms with van der Waals surface area (Å²) in [6, 6.07) is 20.1. The molecule has 0 spiro atoms.